The number of pyridine rings is 1. The molecule has 0 aliphatic rings. The predicted molar refractivity (Wildman–Crippen MR) is 50.5 cm³/mol. The van der Waals surface area contributed by atoms with Gasteiger partial charge in [-0.2, -0.15) is 13.2 Å². The lowest BCUT2D eigenvalue weighted by molar-refractivity contribution is -0.154. The molecule has 0 saturated carbocycles. The van der Waals surface area contributed by atoms with Gasteiger partial charge in [-0.15, -0.1) is 0 Å². The Morgan fingerprint density at radius 1 is 1.50 bits per heavy atom. The third kappa shape index (κ3) is 3.52. The zero-order valence-electron chi connectivity index (χ0n) is 8.76. The Morgan fingerprint density at radius 2 is 2.12 bits per heavy atom. The molecule has 3 nitrogen and oxygen atoms in total. The summed E-state index contributed by atoms with van der Waals surface area (Å²) in [7, 11) is 0. The van der Waals surface area contributed by atoms with Gasteiger partial charge in [0.05, 0.1) is 0 Å². The Bertz CT molecular complexity index is 402. The standard InChI is InChI=1S/C10H10F3NO2/c1-6-3-8(7(2)15)4-14-9(6)16-5-10(11,12)13/h3-4H,5H2,1-2H3. The fraction of sp³-hybridized carbons (Fsp3) is 0.400. The van der Waals surface area contributed by atoms with Crippen molar-refractivity contribution in [2.45, 2.75) is 20.0 Å². The van der Waals surface area contributed by atoms with Gasteiger partial charge in [-0.3, -0.25) is 4.79 Å². The number of aromatic nitrogens is 1. The minimum absolute atomic E-state index is 0.109. The quantitative estimate of drug-likeness (QED) is 0.753. The van der Waals surface area contributed by atoms with Crippen molar-refractivity contribution in [3.8, 4) is 5.88 Å². The second-order valence-electron chi connectivity index (χ2n) is 3.31. The lowest BCUT2D eigenvalue weighted by atomic mass is 10.1. The van der Waals surface area contributed by atoms with Crippen LogP contribution in [0.2, 0.25) is 0 Å². The molecule has 0 atom stereocenters. The molecule has 1 aromatic heterocycles. The molecule has 1 heterocycles. The zero-order chi connectivity index (χ0) is 12.3. The van der Waals surface area contributed by atoms with E-state index in [4.69, 9.17) is 0 Å². The van der Waals surface area contributed by atoms with Crippen LogP contribution in [0.4, 0.5) is 13.2 Å². The van der Waals surface area contributed by atoms with Crippen molar-refractivity contribution >= 4 is 5.78 Å². The number of halogens is 3. The van der Waals surface area contributed by atoms with Crippen molar-refractivity contribution in [1.82, 2.24) is 4.98 Å². The van der Waals surface area contributed by atoms with Crippen LogP contribution < -0.4 is 4.74 Å². The van der Waals surface area contributed by atoms with Crippen LogP contribution >= 0.6 is 0 Å². The number of carbonyl (C=O) groups is 1. The number of hydrogen-bond acceptors (Lipinski definition) is 3. The van der Waals surface area contributed by atoms with Gasteiger partial charge >= 0.3 is 6.18 Å². The molecule has 1 rings (SSSR count). The molecular weight excluding hydrogens is 223 g/mol. The van der Waals surface area contributed by atoms with E-state index in [2.05, 4.69) is 9.72 Å². The number of ketones is 1. The molecule has 0 aliphatic heterocycles. The molecular formula is C10H10F3NO2. The minimum atomic E-state index is -4.40. The molecule has 1 aromatic rings. The summed E-state index contributed by atoms with van der Waals surface area (Å²) in [4.78, 5) is 14.6. The SMILES string of the molecule is CC(=O)c1cnc(OCC(F)(F)F)c(C)c1. The topological polar surface area (TPSA) is 39.2 Å². The third-order valence-corrected chi connectivity index (χ3v) is 1.81. The van der Waals surface area contributed by atoms with Crippen LogP contribution in [0.1, 0.15) is 22.8 Å². The monoisotopic (exact) mass is 233 g/mol. The van der Waals surface area contributed by atoms with Crippen LogP contribution in [-0.4, -0.2) is 23.6 Å². The summed E-state index contributed by atoms with van der Waals surface area (Å²) in [6.07, 6.45) is -3.20. The van der Waals surface area contributed by atoms with Crippen molar-refractivity contribution in [1.29, 1.82) is 0 Å². The van der Waals surface area contributed by atoms with Crippen LogP contribution in [0, 0.1) is 6.92 Å². The van der Waals surface area contributed by atoms with E-state index < -0.39 is 12.8 Å². The number of Topliss-reactive ketones (excluding diaryl/α,β-unsaturated/α-hetero) is 1. The molecule has 0 spiro atoms. The number of nitrogens with zero attached hydrogens (tertiary/aromatic N) is 1. The summed E-state index contributed by atoms with van der Waals surface area (Å²) in [5, 5.41) is 0. The maximum atomic E-state index is 11.9. The Labute approximate surface area is 90.2 Å². The molecule has 0 amide bonds. The fourth-order valence-corrected chi connectivity index (χ4v) is 1.06. The number of aryl methyl sites for hydroxylation is 1. The summed E-state index contributed by atoms with van der Waals surface area (Å²) >= 11 is 0. The van der Waals surface area contributed by atoms with E-state index in [0.717, 1.165) is 0 Å². The number of carbonyl (C=O) groups excluding carboxylic acids is 1. The largest absolute Gasteiger partial charge is 0.468 e. The average Bonchev–Trinajstić information content (AvgIpc) is 2.14. The zero-order valence-corrected chi connectivity index (χ0v) is 8.76. The Morgan fingerprint density at radius 3 is 2.56 bits per heavy atom. The molecule has 0 aromatic carbocycles. The first-order chi connectivity index (χ1) is 7.29. The van der Waals surface area contributed by atoms with Crippen LogP contribution in [0.15, 0.2) is 12.3 Å². The van der Waals surface area contributed by atoms with Gasteiger partial charge in [-0.05, 0) is 19.9 Å². The molecule has 88 valence electrons. The lowest BCUT2D eigenvalue weighted by Gasteiger charge is -2.10. The molecule has 0 radical (unpaired) electrons. The Kier molecular flexibility index (Phi) is 3.51. The van der Waals surface area contributed by atoms with E-state index in [0.29, 0.717) is 11.1 Å². The molecule has 16 heavy (non-hydrogen) atoms. The molecule has 0 unspecified atom stereocenters. The highest BCUT2D eigenvalue weighted by molar-refractivity contribution is 5.93. The number of ether oxygens (including phenoxy) is 1. The van der Waals surface area contributed by atoms with E-state index in [1.54, 1.807) is 0 Å². The van der Waals surface area contributed by atoms with Crippen molar-refractivity contribution in [2.75, 3.05) is 6.61 Å². The molecule has 0 saturated heterocycles. The van der Waals surface area contributed by atoms with Gasteiger partial charge in [-0.25, -0.2) is 4.98 Å². The van der Waals surface area contributed by atoms with Gasteiger partial charge in [0.25, 0.3) is 0 Å². The van der Waals surface area contributed by atoms with Crippen molar-refractivity contribution in [3.05, 3.63) is 23.4 Å². The summed E-state index contributed by atoms with van der Waals surface area (Å²) in [5.74, 6) is -0.305. The van der Waals surface area contributed by atoms with E-state index in [1.165, 1.54) is 26.1 Å². The number of alkyl halides is 3. The van der Waals surface area contributed by atoms with Crippen LogP contribution in [0.5, 0.6) is 5.88 Å². The first-order valence-electron chi connectivity index (χ1n) is 4.47. The third-order valence-electron chi connectivity index (χ3n) is 1.81. The smallest absolute Gasteiger partial charge is 0.422 e. The van der Waals surface area contributed by atoms with E-state index >= 15 is 0 Å². The first-order valence-corrected chi connectivity index (χ1v) is 4.47. The second-order valence-corrected chi connectivity index (χ2v) is 3.31. The first kappa shape index (κ1) is 12.5. The van der Waals surface area contributed by atoms with E-state index in [9.17, 15) is 18.0 Å². The summed E-state index contributed by atoms with van der Waals surface area (Å²) < 4.78 is 40.1. The Hall–Kier alpha value is -1.59. The van der Waals surface area contributed by atoms with Gasteiger partial charge in [0.1, 0.15) is 0 Å². The Balaban J connectivity index is 2.80. The molecule has 0 bridgehead atoms. The van der Waals surface area contributed by atoms with Crippen LogP contribution in [-0.2, 0) is 0 Å². The average molecular weight is 233 g/mol. The van der Waals surface area contributed by atoms with Crippen molar-refractivity contribution in [2.24, 2.45) is 0 Å². The highest BCUT2D eigenvalue weighted by Crippen LogP contribution is 2.20. The lowest BCUT2D eigenvalue weighted by Crippen LogP contribution is -2.20. The number of hydrogen-bond donors (Lipinski definition) is 0. The summed E-state index contributed by atoms with van der Waals surface area (Å²) in [5.41, 5.74) is 0.744. The van der Waals surface area contributed by atoms with Gasteiger partial charge in [0, 0.05) is 17.3 Å². The van der Waals surface area contributed by atoms with E-state index in [1.807, 2.05) is 0 Å². The summed E-state index contributed by atoms with van der Waals surface area (Å²) in [6, 6.07) is 1.45. The fourth-order valence-electron chi connectivity index (χ4n) is 1.06. The van der Waals surface area contributed by atoms with Gasteiger partial charge in [0.2, 0.25) is 5.88 Å². The van der Waals surface area contributed by atoms with Gasteiger partial charge < -0.3 is 4.74 Å². The summed E-state index contributed by atoms with van der Waals surface area (Å²) in [6.45, 7) is 1.50. The molecule has 0 fully saturated rings. The maximum absolute atomic E-state index is 11.9. The highest BCUT2D eigenvalue weighted by atomic mass is 19.4. The van der Waals surface area contributed by atoms with Crippen LogP contribution in [0.25, 0.3) is 0 Å². The second kappa shape index (κ2) is 4.51. The van der Waals surface area contributed by atoms with Crippen molar-refractivity contribution < 1.29 is 22.7 Å². The minimum Gasteiger partial charge on any atom is -0.468 e. The van der Waals surface area contributed by atoms with Crippen LogP contribution in [0.3, 0.4) is 0 Å². The van der Waals surface area contributed by atoms with E-state index in [-0.39, 0.29) is 11.7 Å². The van der Waals surface area contributed by atoms with Gasteiger partial charge in [0.15, 0.2) is 12.4 Å². The maximum Gasteiger partial charge on any atom is 0.422 e. The molecule has 0 aliphatic carbocycles. The highest BCUT2D eigenvalue weighted by Gasteiger charge is 2.28. The predicted octanol–water partition coefficient (Wildman–Crippen LogP) is 2.53. The normalized spacial score (nSPS) is 11.3. The number of rotatable bonds is 3. The van der Waals surface area contributed by atoms with Gasteiger partial charge in [-0.1, -0.05) is 0 Å². The van der Waals surface area contributed by atoms with Crippen molar-refractivity contribution in [3.63, 3.8) is 0 Å². The molecule has 0 N–H and O–H groups in total. The molecule has 6 heteroatoms.